The number of benzene rings is 2. The summed E-state index contributed by atoms with van der Waals surface area (Å²) < 4.78 is 19.3. The summed E-state index contributed by atoms with van der Waals surface area (Å²) in [6.07, 6.45) is 0.796. The van der Waals surface area contributed by atoms with Gasteiger partial charge in [0, 0.05) is 11.4 Å². The molecule has 2 rings (SSSR count). The van der Waals surface area contributed by atoms with Crippen molar-refractivity contribution in [2.75, 3.05) is 11.9 Å². The second kappa shape index (κ2) is 8.34. The maximum atomic E-state index is 13.6. The largest absolute Gasteiger partial charge is 0.494 e. The lowest BCUT2D eigenvalue weighted by Gasteiger charge is -2.19. The van der Waals surface area contributed by atoms with Crippen LogP contribution in [0.1, 0.15) is 39.2 Å². The van der Waals surface area contributed by atoms with Crippen LogP contribution in [-0.2, 0) is 10.2 Å². The number of nitrogens with one attached hydrogen (secondary N) is 1. The summed E-state index contributed by atoms with van der Waals surface area (Å²) in [5.74, 6) is -0.0268. The summed E-state index contributed by atoms with van der Waals surface area (Å²) in [5.41, 5.74) is 1.48. The van der Waals surface area contributed by atoms with Crippen molar-refractivity contribution in [3.63, 3.8) is 0 Å². The van der Waals surface area contributed by atoms with E-state index in [1.165, 1.54) is 23.8 Å². The molecule has 1 N–H and O–H groups in total. The van der Waals surface area contributed by atoms with Crippen LogP contribution in [0.4, 0.5) is 10.1 Å². The van der Waals surface area contributed by atoms with E-state index in [1.807, 2.05) is 24.3 Å². The van der Waals surface area contributed by atoms with E-state index in [1.54, 1.807) is 0 Å². The fourth-order valence-corrected chi connectivity index (χ4v) is 2.44. The Kier molecular flexibility index (Phi) is 6.43. The molecule has 25 heavy (non-hydrogen) atoms. The Morgan fingerprint density at radius 3 is 2.44 bits per heavy atom. The summed E-state index contributed by atoms with van der Waals surface area (Å²) in [6.45, 7) is 6.90. The van der Waals surface area contributed by atoms with Gasteiger partial charge in [-0.3, -0.25) is 4.79 Å². The molecule has 0 aliphatic rings. The summed E-state index contributed by atoms with van der Waals surface area (Å²) in [6, 6.07) is 12.1. The normalized spacial score (nSPS) is 11.2. The van der Waals surface area contributed by atoms with E-state index in [2.05, 4.69) is 26.1 Å². The molecule has 1 amide bonds. The molecular formula is C20H23ClFNO2. The Bertz CT molecular complexity index is 723. The van der Waals surface area contributed by atoms with E-state index in [0.717, 1.165) is 5.75 Å². The average Bonchev–Trinajstić information content (AvgIpc) is 2.54. The van der Waals surface area contributed by atoms with E-state index >= 15 is 0 Å². The number of ether oxygens (including phenoxy) is 1. The van der Waals surface area contributed by atoms with Gasteiger partial charge in [0.05, 0.1) is 12.3 Å². The number of hydrogen-bond acceptors (Lipinski definition) is 2. The van der Waals surface area contributed by atoms with Gasteiger partial charge in [-0.1, -0.05) is 44.5 Å². The van der Waals surface area contributed by atoms with Gasteiger partial charge in [0.1, 0.15) is 11.6 Å². The van der Waals surface area contributed by atoms with Crippen LogP contribution in [0.5, 0.6) is 5.75 Å². The van der Waals surface area contributed by atoms with Gasteiger partial charge in [0.15, 0.2) is 0 Å². The lowest BCUT2D eigenvalue weighted by atomic mass is 9.87. The third-order valence-electron chi connectivity index (χ3n) is 3.74. The molecule has 0 saturated heterocycles. The number of anilines is 1. The Hall–Kier alpha value is -2.07. The van der Waals surface area contributed by atoms with E-state index in [9.17, 15) is 9.18 Å². The minimum atomic E-state index is -0.545. The van der Waals surface area contributed by atoms with Gasteiger partial charge < -0.3 is 10.1 Å². The second-order valence-corrected chi connectivity index (χ2v) is 7.34. The van der Waals surface area contributed by atoms with Gasteiger partial charge in [0.2, 0.25) is 5.91 Å². The molecule has 0 bridgehead atoms. The second-order valence-electron chi connectivity index (χ2n) is 6.90. The van der Waals surface area contributed by atoms with Crippen molar-refractivity contribution < 1.29 is 13.9 Å². The third kappa shape index (κ3) is 6.05. The van der Waals surface area contributed by atoms with E-state index in [4.69, 9.17) is 16.3 Å². The van der Waals surface area contributed by atoms with E-state index in [0.29, 0.717) is 18.1 Å². The van der Waals surface area contributed by atoms with Crippen LogP contribution in [0, 0.1) is 5.82 Å². The van der Waals surface area contributed by atoms with E-state index < -0.39 is 5.82 Å². The molecule has 0 heterocycles. The molecule has 2 aromatic carbocycles. The van der Waals surface area contributed by atoms with Crippen molar-refractivity contribution in [1.82, 2.24) is 0 Å². The van der Waals surface area contributed by atoms with Crippen molar-refractivity contribution >= 4 is 23.2 Å². The first kappa shape index (κ1) is 19.3. The molecule has 0 saturated carbocycles. The molecule has 0 spiro atoms. The van der Waals surface area contributed by atoms with Crippen molar-refractivity contribution in [2.24, 2.45) is 0 Å². The highest BCUT2D eigenvalue weighted by Gasteiger charge is 2.13. The van der Waals surface area contributed by atoms with Gasteiger partial charge >= 0.3 is 0 Å². The molecule has 0 atom stereocenters. The number of carbonyl (C=O) groups is 1. The van der Waals surface area contributed by atoms with Crippen LogP contribution in [0.2, 0.25) is 5.02 Å². The predicted molar refractivity (Wildman–Crippen MR) is 99.9 cm³/mol. The van der Waals surface area contributed by atoms with Crippen LogP contribution in [0.15, 0.2) is 42.5 Å². The summed E-state index contributed by atoms with van der Waals surface area (Å²) in [4.78, 5) is 11.8. The zero-order valence-electron chi connectivity index (χ0n) is 14.7. The summed E-state index contributed by atoms with van der Waals surface area (Å²) in [7, 11) is 0. The summed E-state index contributed by atoms with van der Waals surface area (Å²) in [5, 5.41) is 2.82. The van der Waals surface area contributed by atoms with Crippen molar-refractivity contribution in [3.05, 3.63) is 58.9 Å². The molecule has 5 heteroatoms. The number of halogens is 2. The minimum absolute atomic E-state index is 0.105. The standard InChI is InChI=1S/C20H23ClFNO2/c1-20(2,3)14-6-9-16(10-7-14)25-12-4-5-19(24)23-18-11-8-15(21)13-17(18)22/h6-11,13H,4-5,12H2,1-3H3,(H,23,24). The van der Waals surface area contributed by atoms with E-state index in [-0.39, 0.29) is 23.4 Å². The molecule has 0 aliphatic carbocycles. The smallest absolute Gasteiger partial charge is 0.224 e. The first-order chi connectivity index (χ1) is 11.8. The number of carbonyl (C=O) groups excluding carboxylic acids is 1. The monoisotopic (exact) mass is 363 g/mol. The van der Waals surface area contributed by atoms with Crippen LogP contribution < -0.4 is 10.1 Å². The van der Waals surface area contributed by atoms with Crippen molar-refractivity contribution in [2.45, 2.75) is 39.0 Å². The lowest BCUT2D eigenvalue weighted by Crippen LogP contribution is -2.14. The highest BCUT2D eigenvalue weighted by atomic mass is 35.5. The average molecular weight is 364 g/mol. The fourth-order valence-electron chi connectivity index (χ4n) is 2.28. The van der Waals surface area contributed by atoms with Crippen LogP contribution in [0.25, 0.3) is 0 Å². The zero-order chi connectivity index (χ0) is 18.4. The SMILES string of the molecule is CC(C)(C)c1ccc(OCCCC(=O)Nc2ccc(Cl)cc2F)cc1. The quantitative estimate of drug-likeness (QED) is 0.681. The van der Waals surface area contributed by atoms with Crippen molar-refractivity contribution in [1.29, 1.82) is 0 Å². The summed E-state index contributed by atoms with van der Waals surface area (Å²) >= 11 is 5.68. The lowest BCUT2D eigenvalue weighted by molar-refractivity contribution is -0.116. The minimum Gasteiger partial charge on any atom is -0.494 e. The number of hydrogen-bond donors (Lipinski definition) is 1. The van der Waals surface area contributed by atoms with Gasteiger partial charge in [-0.05, 0) is 47.7 Å². The van der Waals surface area contributed by atoms with Gasteiger partial charge in [-0.2, -0.15) is 0 Å². The Morgan fingerprint density at radius 2 is 1.84 bits per heavy atom. The molecule has 134 valence electrons. The van der Waals surface area contributed by atoms with Gasteiger partial charge in [-0.25, -0.2) is 4.39 Å². The highest BCUT2D eigenvalue weighted by molar-refractivity contribution is 6.30. The molecular weight excluding hydrogens is 341 g/mol. The number of amides is 1. The van der Waals surface area contributed by atoms with Crippen LogP contribution in [-0.4, -0.2) is 12.5 Å². The van der Waals surface area contributed by atoms with Crippen LogP contribution >= 0.6 is 11.6 Å². The molecule has 3 nitrogen and oxygen atoms in total. The first-order valence-corrected chi connectivity index (χ1v) is 8.62. The van der Waals surface area contributed by atoms with Gasteiger partial charge in [0.25, 0.3) is 0 Å². The van der Waals surface area contributed by atoms with Crippen molar-refractivity contribution in [3.8, 4) is 5.75 Å². The zero-order valence-corrected chi connectivity index (χ0v) is 15.5. The first-order valence-electron chi connectivity index (χ1n) is 8.24. The fraction of sp³-hybridized carbons (Fsp3) is 0.350. The Morgan fingerprint density at radius 1 is 1.16 bits per heavy atom. The third-order valence-corrected chi connectivity index (χ3v) is 3.98. The molecule has 0 fully saturated rings. The van der Waals surface area contributed by atoms with Gasteiger partial charge in [-0.15, -0.1) is 0 Å². The topological polar surface area (TPSA) is 38.3 Å². The predicted octanol–water partition coefficient (Wildman–Crippen LogP) is 5.57. The molecule has 0 radical (unpaired) electrons. The molecule has 0 aliphatic heterocycles. The molecule has 2 aromatic rings. The Labute approximate surface area is 153 Å². The Balaban J connectivity index is 1.74. The maximum absolute atomic E-state index is 13.6. The number of rotatable bonds is 6. The maximum Gasteiger partial charge on any atom is 0.224 e. The van der Waals surface area contributed by atoms with Crippen LogP contribution in [0.3, 0.4) is 0 Å². The highest BCUT2D eigenvalue weighted by Crippen LogP contribution is 2.24. The molecule has 0 aromatic heterocycles. The molecule has 0 unspecified atom stereocenters.